The second-order valence-corrected chi connectivity index (χ2v) is 7.70. The van der Waals surface area contributed by atoms with Crippen molar-refractivity contribution < 1.29 is 28.5 Å². The van der Waals surface area contributed by atoms with Gasteiger partial charge in [-0.15, -0.1) is 0 Å². The van der Waals surface area contributed by atoms with Gasteiger partial charge >= 0.3 is 0 Å². The number of carbonyl (C=O) groups excluding carboxylic acids is 2. The number of rotatable bonds is 8. The number of para-hydroxylation sites is 1. The summed E-state index contributed by atoms with van der Waals surface area (Å²) in [5.41, 5.74) is 7.29. The average molecular weight is 485 g/mol. The molecule has 0 atom stereocenters. The van der Waals surface area contributed by atoms with Crippen molar-refractivity contribution in [2.45, 2.75) is 6.61 Å². The third kappa shape index (κ3) is 5.56. The largest absolute Gasteiger partial charge is 0.496 e. The molecule has 2 amide bonds. The summed E-state index contributed by atoms with van der Waals surface area (Å²) in [4.78, 5) is 24.4. The number of hydrogen-bond donors (Lipinski definition) is 2. The van der Waals surface area contributed by atoms with E-state index in [2.05, 4.69) is 5.32 Å². The summed E-state index contributed by atoms with van der Waals surface area (Å²) < 4.78 is 22.2. The van der Waals surface area contributed by atoms with Crippen molar-refractivity contribution in [3.05, 3.63) is 82.9 Å². The van der Waals surface area contributed by atoms with Crippen LogP contribution in [0.4, 0.5) is 5.69 Å². The van der Waals surface area contributed by atoms with E-state index < -0.39 is 11.8 Å². The van der Waals surface area contributed by atoms with E-state index in [4.69, 9.17) is 24.7 Å². The highest BCUT2D eigenvalue weighted by atomic mass is 16.6. The number of methoxy groups -OCH3 is 1. The molecule has 0 fully saturated rings. The molecule has 1 aliphatic heterocycles. The second-order valence-electron chi connectivity index (χ2n) is 7.70. The Bertz CT molecular complexity index is 1380. The zero-order valence-corrected chi connectivity index (χ0v) is 19.4. The first-order valence-corrected chi connectivity index (χ1v) is 11.0. The molecule has 0 spiro atoms. The molecular weight excluding hydrogens is 462 g/mol. The maximum absolute atomic E-state index is 12.8. The fraction of sp³-hybridized carbons (Fsp3) is 0.148. The number of amides is 2. The molecule has 1 heterocycles. The van der Waals surface area contributed by atoms with Gasteiger partial charge in [-0.1, -0.05) is 18.2 Å². The number of primary amides is 1. The molecule has 36 heavy (non-hydrogen) atoms. The van der Waals surface area contributed by atoms with Gasteiger partial charge in [0, 0.05) is 17.3 Å². The lowest BCUT2D eigenvalue weighted by Gasteiger charge is -2.18. The van der Waals surface area contributed by atoms with Crippen molar-refractivity contribution in [3.8, 4) is 29.1 Å². The Morgan fingerprint density at radius 3 is 2.58 bits per heavy atom. The summed E-state index contributed by atoms with van der Waals surface area (Å²) in [5.74, 6) is 0.837. The third-order valence-electron chi connectivity index (χ3n) is 5.32. The number of benzene rings is 3. The zero-order chi connectivity index (χ0) is 25.5. The first kappa shape index (κ1) is 24.2. The number of fused-ring (bicyclic) bond motifs is 1. The van der Waals surface area contributed by atoms with Crippen LogP contribution in [0.25, 0.3) is 6.08 Å². The van der Waals surface area contributed by atoms with Gasteiger partial charge in [-0.3, -0.25) is 9.59 Å². The zero-order valence-electron chi connectivity index (χ0n) is 19.4. The van der Waals surface area contributed by atoms with Gasteiger partial charge in [0.1, 0.15) is 43.0 Å². The van der Waals surface area contributed by atoms with E-state index in [1.807, 2.05) is 6.07 Å². The predicted octanol–water partition coefficient (Wildman–Crippen LogP) is 3.69. The summed E-state index contributed by atoms with van der Waals surface area (Å²) >= 11 is 0. The van der Waals surface area contributed by atoms with Crippen molar-refractivity contribution in [3.63, 3.8) is 0 Å². The SMILES string of the molecule is COc1ccc(/C=C(\C#N)C(=O)Nc2ccc3c(c2)OCCO3)cc1COc1ccccc1C(N)=O. The van der Waals surface area contributed by atoms with E-state index in [-0.39, 0.29) is 17.7 Å². The molecule has 3 N–H and O–H groups in total. The molecule has 3 aromatic rings. The Morgan fingerprint density at radius 1 is 1.06 bits per heavy atom. The molecule has 0 aromatic heterocycles. The smallest absolute Gasteiger partial charge is 0.266 e. The van der Waals surface area contributed by atoms with Gasteiger partial charge in [0.25, 0.3) is 11.8 Å². The van der Waals surface area contributed by atoms with Crippen molar-refractivity contribution in [1.82, 2.24) is 0 Å². The Morgan fingerprint density at radius 2 is 1.83 bits per heavy atom. The van der Waals surface area contributed by atoms with Crippen molar-refractivity contribution in [2.24, 2.45) is 5.73 Å². The van der Waals surface area contributed by atoms with E-state index in [0.717, 1.165) is 0 Å². The molecule has 0 aliphatic carbocycles. The van der Waals surface area contributed by atoms with Gasteiger partial charge in [0.15, 0.2) is 11.5 Å². The van der Waals surface area contributed by atoms with E-state index >= 15 is 0 Å². The normalized spacial score (nSPS) is 12.3. The molecule has 0 saturated carbocycles. The summed E-state index contributed by atoms with van der Waals surface area (Å²) in [5, 5.41) is 12.3. The van der Waals surface area contributed by atoms with Gasteiger partial charge in [0.2, 0.25) is 0 Å². The molecular formula is C27H23N3O6. The number of anilines is 1. The minimum absolute atomic E-state index is 0.0699. The predicted molar refractivity (Wildman–Crippen MR) is 132 cm³/mol. The number of carbonyl (C=O) groups is 2. The van der Waals surface area contributed by atoms with Crippen LogP contribution in [0.2, 0.25) is 0 Å². The molecule has 9 nitrogen and oxygen atoms in total. The maximum atomic E-state index is 12.8. The van der Waals surface area contributed by atoms with Crippen LogP contribution in [0.5, 0.6) is 23.0 Å². The van der Waals surface area contributed by atoms with Crippen LogP contribution >= 0.6 is 0 Å². The monoisotopic (exact) mass is 485 g/mol. The standard InChI is InChI=1S/C27H23N3O6/c1-33-22-8-6-17(13-19(22)16-36-23-5-3-2-4-21(23)26(29)31)12-18(15-28)27(32)30-20-7-9-24-25(14-20)35-11-10-34-24/h2-9,12-14H,10-11,16H2,1H3,(H2,29,31)(H,30,32)/b18-12+. The summed E-state index contributed by atoms with van der Waals surface area (Å²) in [6.45, 7) is 0.957. The molecule has 3 aromatic carbocycles. The molecule has 182 valence electrons. The maximum Gasteiger partial charge on any atom is 0.266 e. The van der Waals surface area contributed by atoms with E-state index in [0.29, 0.717) is 53.0 Å². The topological polar surface area (TPSA) is 133 Å². The van der Waals surface area contributed by atoms with Crippen molar-refractivity contribution in [1.29, 1.82) is 5.26 Å². The van der Waals surface area contributed by atoms with Crippen LogP contribution in [0.15, 0.2) is 66.2 Å². The first-order valence-electron chi connectivity index (χ1n) is 11.0. The van der Waals surface area contributed by atoms with Gasteiger partial charge in [-0.05, 0) is 48.0 Å². The molecule has 0 unspecified atom stereocenters. The summed E-state index contributed by atoms with van der Waals surface area (Å²) in [6.07, 6.45) is 1.47. The second kappa shape index (κ2) is 11.0. The summed E-state index contributed by atoms with van der Waals surface area (Å²) in [7, 11) is 1.52. The molecule has 0 bridgehead atoms. The molecule has 0 radical (unpaired) electrons. The Labute approximate surface area is 207 Å². The van der Waals surface area contributed by atoms with Crippen molar-refractivity contribution >= 4 is 23.6 Å². The highest BCUT2D eigenvalue weighted by Gasteiger charge is 2.16. The highest BCUT2D eigenvalue weighted by Crippen LogP contribution is 2.33. The number of nitrogens with one attached hydrogen (secondary N) is 1. The highest BCUT2D eigenvalue weighted by molar-refractivity contribution is 6.09. The van der Waals surface area contributed by atoms with E-state index in [1.54, 1.807) is 60.7 Å². The lowest BCUT2D eigenvalue weighted by molar-refractivity contribution is -0.112. The lowest BCUT2D eigenvalue weighted by atomic mass is 10.1. The molecule has 1 aliphatic rings. The van der Waals surface area contributed by atoms with E-state index in [1.165, 1.54) is 13.2 Å². The van der Waals surface area contributed by atoms with Gasteiger partial charge in [0.05, 0.1) is 12.7 Å². The van der Waals surface area contributed by atoms with Crippen LogP contribution in [0, 0.1) is 11.3 Å². The van der Waals surface area contributed by atoms with Gasteiger partial charge in [-0.25, -0.2) is 0 Å². The third-order valence-corrected chi connectivity index (χ3v) is 5.32. The van der Waals surface area contributed by atoms with Crippen molar-refractivity contribution in [2.75, 3.05) is 25.6 Å². The Kier molecular flexibility index (Phi) is 7.36. The quantitative estimate of drug-likeness (QED) is 0.367. The number of nitriles is 1. The average Bonchev–Trinajstić information content (AvgIpc) is 2.90. The van der Waals surface area contributed by atoms with Crippen LogP contribution in [-0.4, -0.2) is 32.1 Å². The van der Waals surface area contributed by atoms with Gasteiger partial charge < -0.3 is 30.0 Å². The number of nitrogens with two attached hydrogens (primary N) is 1. The first-order chi connectivity index (χ1) is 17.5. The number of ether oxygens (including phenoxy) is 4. The molecule has 9 heteroatoms. The van der Waals surface area contributed by atoms with Crippen LogP contribution < -0.4 is 30.0 Å². The van der Waals surface area contributed by atoms with Gasteiger partial charge in [-0.2, -0.15) is 5.26 Å². The molecule has 4 rings (SSSR count). The number of nitrogens with zero attached hydrogens (tertiary/aromatic N) is 1. The fourth-order valence-corrected chi connectivity index (χ4v) is 3.59. The minimum Gasteiger partial charge on any atom is -0.496 e. The fourth-order valence-electron chi connectivity index (χ4n) is 3.59. The van der Waals surface area contributed by atoms with Crippen LogP contribution in [-0.2, 0) is 11.4 Å². The minimum atomic E-state index is -0.600. The summed E-state index contributed by atoms with van der Waals surface area (Å²) in [6, 6.07) is 18.8. The van der Waals surface area contributed by atoms with Crippen LogP contribution in [0.1, 0.15) is 21.5 Å². The lowest BCUT2D eigenvalue weighted by Crippen LogP contribution is -2.17. The van der Waals surface area contributed by atoms with Crippen LogP contribution in [0.3, 0.4) is 0 Å². The van der Waals surface area contributed by atoms with E-state index in [9.17, 15) is 14.9 Å². The Balaban J connectivity index is 1.52. The molecule has 0 saturated heterocycles. The number of hydrogen-bond acceptors (Lipinski definition) is 7. The Hall–Kier alpha value is -4.97.